The number of thioether (sulfide) groups is 1. The monoisotopic (exact) mass is 517 g/mol. The molecule has 34 heavy (non-hydrogen) atoms. The van der Waals surface area contributed by atoms with Crippen LogP contribution in [0.15, 0.2) is 43.5 Å². The lowest BCUT2D eigenvalue weighted by atomic mass is 9.94. The number of hydrogen-bond acceptors (Lipinski definition) is 8. The Morgan fingerprint density at radius 3 is 2.44 bits per heavy atom. The van der Waals surface area contributed by atoms with Gasteiger partial charge in [0.1, 0.15) is 4.32 Å². The summed E-state index contributed by atoms with van der Waals surface area (Å²) in [6.07, 6.45) is 8.75. The average Bonchev–Trinajstić information content (AvgIpc) is 3.55. The first-order valence-corrected chi connectivity index (χ1v) is 14.4. The van der Waals surface area contributed by atoms with Crippen LogP contribution in [-0.2, 0) is 14.6 Å². The molecule has 0 spiro atoms. The fourth-order valence-corrected chi connectivity index (χ4v) is 7.44. The molecule has 0 unspecified atom stereocenters. The summed E-state index contributed by atoms with van der Waals surface area (Å²) in [6.45, 7) is 3.31. The molecule has 10 heteroatoms. The minimum Gasteiger partial charge on any atom is -0.420 e. The van der Waals surface area contributed by atoms with Crippen LogP contribution < -0.4 is 4.90 Å². The van der Waals surface area contributed by atoms with Gasteiger partial charge >= 0.3 is 0 Å². The Morgan fingerprint density at radius 2 is 1.76 bits per heavy atom. The topological polar surface area (TPSA) is 83.7 Å². The van der Waals surface area contributed by atoms with Crippen LogP contribution in [-0.4, -0.2) is 47.7 Å². The second-order valence-corrected chi connectivity index (χ2v) is 12.6. The molecule has 2 aliphatic heterocycles. The van der Waals surface area contributed by atoms with E-state index in [9.17, 15) is 13.2 Å². The molecule has 3 heterocycles. The largest absolute Gasteiger partial charge is 0.420 e. The Labute approximate surface area is 209 Å². The molecule has 0 atom stereocenters. The second-order valence-electron chi connectivity index (χ2n) is 9.02. The van der Waals surface area contributed by atoms with Gasteiger partial charge in [0.15, 0.2) is 0 Å². The molecule has 180 valence electrons. The summed E-state index contributed by atoms with van der Waals surface area (Å²) in [4.78, 5) is 21.8. The van der Waals surface area contributed by atoms with E-state index in [1.165, 1.54) is 24.3 Å². The quantitative estimate of drug-likeness (QED) is 0.407. The minimum absolute atomic E-state index is 0.104. The molecule has 3 aliphatic rings. The van der Waals surface area contributed by atoms with Crippen molar-refractivity contribution in [3.63, 3.8) is 0 Å². The van der Waals surface area contributed by atoms with Crippen LogP contribution in [0.3, 0.4) is 0 Å². The number of hydrogen-bond donors (Lipinski definition) is 0. The third kappa shape index (κ3) is 4.43. The summed E-state index contributed by atoms with van der Waals surface area (Å²) in [5, 5.41) is -0.104. The van der Waals surface area contributed by atoms with Crippen molar-refractivity contribution in [2.24, 2.45) is 0 Å². The van der Waals surface area contributed by atoms with E-state index < -0.39 is 9.84 Å². The molecule has 0 N–H and O–H groups in total. The molecule has 1 aromatic carbocycles. The molecule has 0 bridgehead atoms. The molecule has 1 aliphatic carbocycles. The summed E-state index contributed by atoms with van der Waals surface area (Å²) in [5.41, 5.74) is 0.972. The lowest BCUT2D eigenvalue weighted by molar-refractivity contribution is -0.124. The van der Waals surface area contributed by atoms with Crippen molar-refractivity contribution in [2.45, 2.75) is 67.8 Å². The van der Waals surface area contributed by atoms with Crippen molar-refractivity contribution in [3.05, 3.63) is 40.6 Å². The van der Waals surface area contributed by atoms with Gasteiger partial charge in [-0.15, -0.1) is 0 Å². The Kier molecular flexibility index (Phi) is 6.56. The zero-order valence-corrected chi connectivity index (χ0v) is 21.5. The van der Waals surface area contributed by atoms with Crippen LogP contribution in [0.4, 0.5) is 5.88 Å². The number of sulfone groups is 1. The maximum atomic E-state index is 13.5. The highest BCUT2D eigenvalue weighted by Crippen LogP contribution is 2.39. The fourth-order valence-electron chi connectivity index (χ4n) is 4.75. The number of aryl methyl sites for hydroxylation is 1. The molecule has 1 aromatic heterocycles. The lowest BCUT2D eigenvalue weighted by Gasteiger charge is -2.29. The normalized spacial score (nSPS) is 21.3. The number of thiocarbonyl (C=S) groups is 1. The van der Waals surface area contributed by atoms with Crippen molar-refractivity contribution in [1.29, 1.82) is 0 Å². The van der Waals surface area contributed by atoms with Crippen LogP contribution in [0, 0.1) is 6.92 Å². The zero-order chi connectivity index (χ0) is 23.9. The summed E-state index contributed by atoms with van der Waals surface area (Å²) in [7, 11) is -3.89. The van der Waals surface area contributed by atoms with Crippen LogP contribution in [0.2, 0.25) is 0 Å². The first-order valence-electron chi connectivity index (χ1n) is 11.7. The van der Waals surface area contributed by atoms with Gasteiger partial charge in [0.25, 0.3) is 5.91 Å². The van der Waals surface area contributed by atoms with Crippen molar-refractivity contribution >= 4 is 56.0 Å². The van der Waals surface area contributed by atoms with Crippen LogP contribution in [0.25, 0.3) is 6.08 Å². The Morgan fingerprint density at radius 1 is 1.09 bits per heavy atom. The molecule has 0 radical (unpaired) electrons. The van der Waals surface area contributed by atoms with E-state index in [1.54, 1.807) is 29.2 Å². The van der Waals surface area contributed by atoms with Gasteiger partial charge in [-0.05, 0) is 44.7 Å². The van der Waals surface area contributed by atoms with E-state index >= 15 is 0 Å². The highest BCUT2D eigenvalue weighted by molar-refractivity contribution is 8.26. The van der Waals surface area contributed by atoms with E-state index in [2.05, 4.69) is 4.98 Å². The number of aromatic nitrogens is 1. The van der Waals surface area contributed by atoms with Gasteiger partial charge in [0, 0.05) is 25.2 Å². The van der Waals surface area contributed by atoms with Gasteiger partial charge in [0.05, 0.1) is 9.80 Å². The summed E-state index contributed by atoms with van der Waals surface area (Å²) in [6, 6.07) is 6.83. The molecular weight excluding hydrogens is 490 g/mol. The van der Waals surface area contributed by atoms with Crippen LogP contribution >= 0.6 is 24.0 Å². The van der Waals surface area contributed by atoms with Gasteiger partial charge in [-0.3, -0.25) is 9.69 Å². The number of carbonyl (C=O) groups is 1. The average molecular weight is 518 g/mol. The van der Waals surface area contributed by atoms with Crippen molar-refractivity contribution in [2.75, 3.05) is 18.0 Å². The summed E-state index contributed by atoms with van der Waals surface area (Å²) < 4.78 is 33.5. The Bertz CT molecular complexity index is 1240. The number of nitrogens with zero attached hydrogens (tertiary/aromatic N) is 3. The molecule has 5 rings (SSSR count). The first-order chi connectivity index (χ1) is 16.3. The molecule has 7 nitrogen and oxygen atoms in total. The van der Waals surface area contributed by atoms with Crippen molar-refractivity contribution in [1.82, 2.24) is 9.88 Å². The number of oxazole rings is 1. The predicted molar refractivity (Wildman–Crippen MR) is 136 cm³/mol. The first kappa shape index (κ1) is 23.6. The van der Waals surface area contributed by atoms with E-state index in [0.29, 0.717) is 22.3 Å². The van der Waals surface area contributed by atoms with E-state index in [0.717, 1.165) is 44.1 Å². The van der Waals surface area contributed by atoms with Gasteiger partial charge < -0.3 is 9.32 Å². The Balaban J connectivity index is 1.50. The molecule has 1 saturated carbocycles. The molecular formula is C24H27N3O4S3. The smallest absolute Gasteiger partial charge is 0.266 e. The Hall–Kier alpha value is -2.17. The highest BCUT2D eigenvalue weighted by atomic mass is 32.2. The third-order valence-corrected chi connectivity index (χ3v) is 9.59. The third-order valence-electron chi connectivity index (χ3n) is 6.59. The highest BCUT2D eigenvalue weighted by Gasteiger charge is 2.38. The van der Waals surface area contributed by atoms with Gasteiger partial charge in [-0.1, -0.05) is 60.9 Å². The van der Waals surface area contributed by atoms with Crippen LogP contribution in [0.5, 0.6) is 0 Å². The van der Waals surface area contributed by atoms with Crippen molar-refractivity contribution in [3.8, 4) is 0 Å². The summed E-state index contributed by atoms with van der Waals surface area (Å²) >= 11 is 6.74. The molecule has 1 amide bonds. The predicted octanol–water partition coefficient (Wildman–Crippen LogP) is 4.95. The standard InChI is InChI=1S/C24H27N3O4S3/c1-16-9-11-18(12-10-16)34(29,30)21-23(26-13-5-6-14-26)31-20(25-21)15-19-22(28)27(24(32)33-19)17-7-3-2-4-8-17/h9-12,15,17H,2-8,13-14H2,1H3. The molecule has 2 aromatic rings. The van der Waals surface area contributed by atoms with Crippen molar-refractivity contribution < 1.29 is 17.6 Å². The molecule has 2 saturated heterocycles. The van der Waals surface area contributed by atoms with Gasteiger partial charge in [0.2, 0.25) is 26.6 Å². The summed E-state index contributed by atoms with van der Waals surface area (Å²) in [5.74, 6) is 0.203. The number of carbonyl (C=O) groups excluding carboxylic acids is 1. The lowest BCUT2D eigenvalue weighted by Crippen LogP contribution is -2.39. The van der Waals surface area contributed by atoms with E-state index in [4.69, 9.17) is 16.6 Å². The second kappa shape index (κ2) is 9.47. The number of anilines is 1. The van der Waals surface area contributed by atoms with Crippen LogP contribution in [0.1, 0.15) is 56.4 Å². The zero-order valence-electron chi connectivity index (χ0n) is 19.0. The SMILES string of the molecule is Cc1ccc(S(=O)(=O)c2nc(C=C3SC(=S)N(C4CCCCC4)C3=O)oc2N2CCCC2)cc1. The van der Waals surface area contributed by atoms with Gasteiger partial charge in [-0.2, -0.15) is 4.98 Å². The molecule has 3 fully saturated rings. The number of amides is 1. The fraction of sp³-hybridized carbons (Fsp3) is 0.458. The van der Waals surface area contributed by atoms with Gasteiger partial charge in [-0.25, -0.2) is 8.42 Å². The minimum atomic E-state index is -3.89. The number of benzene rings is 1. The van der Waals surface area contributed by atoms with E-state index in [-0.39, 0.29) is 33.6 Å². The van der Waals surface area contributed by atoms with E-state index in [1.807, 2.05) is 11.8 Å². The number of rotatable bonds is 5. The maximum absolute atomic E-state index is 13.5. The maximum Gasteiger partial charge on any atom is 0.266 e.